The standard InChI is InChI=1S/C22H26ClN3O3/c23-17-6-8-20(9-7-17)29-15-19(27)14-25-12-10-22(11-13-25)21(28)24-16-26(22)18-4-2-1-3-5-18/h1-9,19,27H,10-16H2,(H,24,28). The zero-order valence-corrected chi connectivity index (χ0v) is 17.0. The number of carbonyl (C=O) groups is 1. The third-order valence-electron chi connectivity index (χ3n) is 5.81. The average Bonchev–Trinajstić information content (AvgIpc) is 3.06. The fraction of sp³-hybridized carbons (Fsp3) is 0.409. The van der Waals surface area contributed by atoms with Gasteiger partial charge in [0, 0.05) is 30.3 Å². The summed E-state index contributed by atoms with van der Waals surface area (Å²) >= 11 is 5.87. The van der Waals surface area contributed by atoms with Crippen LogP contribution in [0.4, 0.5) is 5.69 Å². The van der Waals surface area contributed by atoms with Gasteiger partial charge in [-0.15, -0.1) is 0 Å². The molecule has 2 fully saturated rings. The van der Waals surface area contributed by atoms with Crippen molar-refractivity contribution in [2.24, 2.45) is 0 Å². The SMILES string of the molecule is O=C1NCN(c2ccccc2)C12CCN(CC(O)COc1ccc(Cl)cc1)CC2. The Balaban J connectivity index is 1.31. The van der Waals surface area contributed by atoms with Gasteiger partial charge in [0.15, 0.2) is 0 Å². The number of para-hydroxylation sites is 1. The largest absolute Gasteiger partial charge is 0.491 e. The second kappa shape index (κ2) is 8.61. The normalized spacial score (nSPS) is 19.9. The molecule has 2 aromatic rings. The second-order valence-corrected chi connectivity index (χ2v) is 8.11. The van der Waals surface area contributed by atoms with E-state index in [1.54, 1.807) is 24.3 Å². The van der Waals surface area contributed by atoms with Crippen molar-refractivity contribution >= 4 is 23.2 Å². The minimum Gasteiger partial charge on any atom is -0.491 e. The number of halogens is 1. The Kier molecular flexibility index (Phi) is 5.94. The topological polar surface area (TPSA) is 65.0 Å². The number of piperidine rings is 1. The van der Waals surface area contributed by atoms with Crippen molar-refractivity contribution < 1.29 is 14.6 Å². The van der Waals surface area contributed by atoms with Crippen LogP contribution in [0, 0.1) is 0 Å². The quantitative estimate of drug-likeness (QED) is 0.759. The number of aliphatic hydroxyl groups excluding tert-OH is 1. The lowest BCUT2D eigenvalue weighted by atomic mass is 9.85. The molecule has 2 aliphatic rings. The number of carbonyl (C=O) groups excluding carboxylic acids is 1. The fourth-order valence-electron chi connectivity index (χ4n) is 4.21. The number of hydrogen-bond donors (Lipinski definition) is 2. The van der Waals surface area contributed by atoms with E-state index in [2.05, 4.69) is 15.1 Å². The van der Waals surface area contributed by atoms with Crippen LogP contribution in [-0.4, -0.2) is 60.5 Å². The van der Waals surface area contributed by atoms with Crippen LogP contribution in [0.25, 0.3) is 0 Å². The summed E-state index contributed by atoms with van der Waals surface area (Å²) in [5.74, 6) is 0.791. The first-order valence-corrected chi connectivity index (χ1v) is 10.3. The van der Waals surface area contributed by atoms with Crippen LogP contribution >= 0.6 is 11.6 Å². The predicted octanol–water partition coefficient (Wildman–Crippen LogP) is 2.51. The summed E-state index contributed by atoms with van der Waals surface area (Å²) in [5.41, 5.74) is 0.568. The molecule has 0 aliphatic carbocycles. The Hall–Kier alpha value is -2.28. The number of amides is 1. The first kappa shape index (κ1) is 20.0. The monoisotopic (exact) mass is 415 g/mol. The molecule has 2 aromatic carbocycles. The number of hydrogen-bond acceptors (Lipinski definition) is 5. The first-order chi connectivity index (χ1) is 14.1. The van der Waals surface area contributed by atoms with Crippen LogP contribution in [0.1, 0.15) is 12.8 Å². The molecule has 2 N–H and O–H groups in total. The molecular weight excluding hydrogens is 390 g/mol. The summed E-state index contributed by atoms with van der Waals surface area (Å²) in [6, 6.07) is 17.2. The zero-order valence-electron chi connectivity index (χ0n) is 16.3. The van der Waals surface area contributed by atoms with Crippen molar-refractivity contribution in [2.45, 2.75) is 24.5 Å². The number of benzene rings is 2. The summed E-state index contributed by atoms with van der Waals surface area (Å²) in [4.78, 5) is 17.1. The van der Waals surface area contributed by atoms with Gasteiger partial charge in [-0.1, -0.05) is 29.8 Å². The Morgan fingerprint density at radius 3 is 2.48 bits per heavy atom. The molecule has 0 bridgehead atoms. The summed E-state index contributed by atoms with van der Waals surface area (Å²) in [7, 11) is 0. The molecular formula is C22H26ClN3O3. The van der Waals surface area contributed by atoms with Crippen LogP contribution in [0.3, 0.4) is 0 Å². The summed E-state index contributed by atoms with van der Waals surface area (Å²) in [6.45, 7) is 2.81. The maximum atomic E-state index is 12.7. The van der Waals surface area contributed by atoms with E-state index in [0.717, 1.165) is 31.6 Å². The van der Waals surface area contributed by atoms with Gasteiger partial charge in [-0.2, -0.15) is 0 Å². The highest BCUT2D eigenvalue weighted by molar-refractivity contribution is 6.30. The highest BCUT2D eigenvalue weighted by Gasteiger charge is 2.50. The van der Waals surface area contributed by atoms with Crippen molar-refractivity contribution in [2.75, 3.05) is 37.8 Å². The van der Waals surface area contributed by atoms with Gasteiger partial charge in [0.2, 0.25) is 5.91 Å². The van der Waals surface area contributed by atoms with E-state index in [9.17, 15) is 9.90 Å². The fourth-order valence-corrected chi connectivity index (χ4v) is 4.34. The molecule has 2 saturated heterocycles. The van der Waals surface area contributed by atoms with Crippen molar-refractivity contribution in [3.63, 3.8) is 0 Å². The maximum absolute atomic E-state index is 12.7. The van der Waals surface area contributed by atoms with Gasteiger partial charge in [0.1, 0.15) is 24.0 Å². The zero-order chi connectivity index (χ0) is 20.3. The molecule has 0 radical (unpaired) electrons. The van der Waals surface area contributed by atoms with Crippen molar-refractivity contribution in [1.82, 2.24) is 10.2 Å². The molecule has 1 spiro atoms. The van der Waals surface area contributed by atoms with Crippen LogP contribution in [0.2, 0.25) is 5.02 Å². The lowest BCUT2D eigenvalue weighted by Crippen LogP contribution is -2.57. The number of β-amino-alcohol motifs (C(OH)–C–C–N with tert-alkyl or cyclic N) is 1. The number of nitrogens with zero attached hydrogens (tertiary/aromatic N) is 2. The first-order valence-electron chi connectivity index (χ1n) is 9.97. The van der Waals surface area contributed by atoms with Crippen LogP contribution in [0.15, 0.2) is 54.6 Å². The molecule has 4 rings (SSSR count). The Morgan fingerprint density at radius 1 is 1.10 bits per heavy atom. The molecule has 6 nitrogen and oxygen atoms in total. The van der Waals surface area contributed by atoms with Crippen LogP contribution in [0.5, 0.6) is 5.75 Å². The molecule has 29 heavy (non-hydrogen) atoms. The van der Waals surface area contributed by atoms with Gasteiger partial charge in [0.25, 0.3) is 0 Å². The van der Waals surface area contributed by atoms with E-state index in [1.807, 2.05) is 30.3 Å². The highest BCUT2D eigenvalue weighted by atomic mass is 35.5. The van der Waals surface area contributed by atoms with E-state index < -0.39 is 11.6 Å². The lowest BCUT2D eigenvalue weighted by molar-refractivity contribution is -0.125. The van der Waals surface area contributed by atoms with E-state index in [-0.39, 0.29) is 12.5 Å². The molecule has 1 unspecified atom stereocenters. The molecule has 154 valence electrons. The number of anilines is 1. The smallest absolute Gasteiger partial charge is 0.247 e. The molecule has 0 saturated carbocycles. The minimum absolute atomic E-state index is 0.104. The Bertz CT molecular complexity index is 823. The lowest BCUT2D eigenvalue weighted by Gasteiger charge is -2.43. The number of rotatable bonds is 6. The minimum atomic E-state index is -0.595. The van der Waals surface area contributed by atoms with E-state index in [4.69, 9.17) is 16.3 Å². The van der Waals surface area contributed by atoms with E-state index in [1.165, 1.54) is 0 Å². The molecule has 1 atom stereocenters. The predicted molar refractivity (Wildman–Crippen MR) is 113 cm³/mol. The van der Waals surface area contributed by atoms with Gasteiger partial charge >= 0.3 is 0 Å². The van der Waals surface area contributed by atoms with Crippen molar-refractivity contribution in [3.05, 3.63) is 59.6 Å². The van der Waals surface area contributed by atoms with Crippen LogP contribution in [-0.2, 0) is 4.79 Å². The van der Waals surface area contributed by atoms with Gasteiger partial charge in [-0.25, -0.2) is 0 Å². The van der Waals surface area contributed by atoms with Crippen LogP contribution < -0.4 is 15.0 Å². The molecule has 2 heterocycles. The third-order valence-corrected chi connectivity index (χ3v) is 6.07. The highest BCUT2D eigenvalue weighted by Crippen LogP contribution is 2.36. The Labute approximate surface area is 176 Å². The van der Waals surface area contributed by atoms with Gasteiger partial charge in [-0.05, 0) is 49.2 Å². The third kappa shape index (κ3) is 4.34. The van der Waals surface area contributed by atoms with Gasteiger partial charge in [0.05, 0.1) is 6.67 Å². The van der Waals surface area contributed by atoms with E-state index in [0.29, 0.717) is 24.0 Å². The molecule has 2 aliphatic heterocycles. The van der Waals surface area contributed by atoms with Crippen molar-refractivity contribution in [1.29, 1.82) is 0 Å². The molecule has 1 amide bonds. The number of ether oxygens (including phenoxy) is 1. The van der Waals surface area contributed by atoms with E-state index >= 15 is 0 Å². The second-order valence-electron chi connectivity index (χ2n) is 7.68. The summed E-state index contributed by atoms with van der Waals surface area (Å²) in [5, 5.41) is 14.0. The average molecular weight is 416 g/mol. The van der Waals surface area contributed by atoms with Gasteiger partial charge in [-0.3, -0.25) is 4.79 Å². The number of aliphatic hydroxyl groups is 1. The Morgan fingerprint density at radius 2 is 1.79 bits per heavy atom. The summed E-state index contributed by atoms with van der Waals surface area (Å²) < 4.78 is 5.64. The van der Waals surface area contributed by atoms with Crippen molar-refractivity contribution in [3.8, 4) is 5.75 Å². The molecule has 7 heteroatoms. The molecule has 0 aromatic heterocycles. The number of likely N-dealkylation sites (tertiary alicyclic amines) is 1. The summed E-state index contributed by atoms with van der Waals surface area (Å²) in [6.07, 6.45) is 0.874. The maximum Gasteiger partial charge on any atom is 0.247 e. The number of nitrogens with one attached hydrogen (secondary N) is 1. The van der Waals surface area contributed by atoms with Gasteiger partial charge < -0.3 is 25.0 Å².